The molecule has 128 valence electrons. The van der Waals surface area contributed by atoms with Crippen molar-refractivity contribution in [1.29, 1.82) is 0 Å². The van der Waals surface area contributed by atoms with E-state index in [1.54, 1.807) is 6.07 Å². The van der Waals surface area contributed by atoms with Crippen LogP contribution >= 0.6 is 0 Å². The van der Waals surface area contributed by atoms with E-state index in [4.69, 9.17) is 4.74 Å². The maximum atomic E-state index is 14.0. The number of likely N-dealkylation sites (N-methyl/N-ethyl adjacent to an activating group) is 1. The minimum atomic E-state index is -0.239. The molecule has 1 heterocycles. The van der Waals surface area contributed by atoms with E-state index < -0.39 is 0 Å². The summed E-state index contributed by atoms with van der Waals surface area (Å²) < 4.78 is 20.1. The molecule has 3 nitrogen and oxygen atoms in total. The summed E-state index contributed by atoms with van der Waals surface area (Å²) in [4.78, 5) is 4.32. The van der Waals surface area contributed by atoms with Gasteiger partial charge >= 0.3 is 0 Å². The molecule has 3 rings (SSSR count). The van der Waals surface area contributed by atoms with Crippen molar-refractivity contribution in [1.82, 2.24) is 4.90 Å². The van der Waals surface area contributed by atoms with Crippen molar-refractivity contribution in [2.24, 2.45) is 0 Å². The summed E-state index contributed by atoms with van der Waals surface area (Å²) in [6.07, 6.45) is 1.04. The Morgan fingerprint density at radius 2 is 1.96 bits per heavy atom. The number of anilines is 1. The lowest BCUT2D eigenvalue weighted by atomic mass is 9.96. The van der Waals surface area contributed by atoms with Gasteiger partial charge in [0.2, 0.25) is 0 Å². The third-order valence-corrected chi connectivity index (χ3v) is 4.56. The molecule has 1 aliphatic rings. The van der Waals surface area contributed by atoms with Gasteiger partial charge in [0.15, 0.2) is 0 Å². The maximum absolute atomic E-state index is 14.0. The molecule has 0 spiro atoms. The largest absolute Gasteiger partial charge is 0.488 e. The van der Waals surface area contributed by atoms with Crippen LogP contribution in [0.4, 0.5) is 10.1 Å². The molecule has 1 unspecified atom stereocenters. The number of fused-ring (bicyclic) bond motifs is 1. The fourth-order valence-corrected chi connectivity index (χ4v) is 3.33. The first kappa shape index (κ1) is 16.8. The molecule has 2 aromatic rings. The zero-order chi connectivity index (χ0) is 17.1. The molecule has 0 N–H and O–H groups in total. The minimum Gasteiger partial charge on any atom is -0.488 e. The van der Waals surface area contributed by atoms with Crippen LogP contribution in [-0.2, 0) is 6.61 Å². The molecule has 0 aromatic heterocycles. The van der Waals surface area contributed by atoms with Crippen LogP contribution in [0.2, 0.25) is 0 Å². The molecule has 0 bridgehead atoms. The predicted octanol–water partition coefficient (Wildman–Crippen LogP) is 3.89. The van der Waals surface area contributed by atoms with E-state index >= 15 is 0 Å². The summed E-state index contributed by atoms with van der Waals surface area (Å²) in [7, 11) is 6.18. The second-order valence-corrected chi connectivity index (χ2v) is 6.78. The Hall–Kier alpha value is -2.07. The highest BCUT2D eigenvalue weighted by molar-refractivity contribution is 5.65. The zero-order valence-electron chi connectivity index (χ0n) is 14.6. The molecular formula is C20H25FN2O. The van der Waals surface area contributed by atoms with Gasteiger partial charge in [0.1, 0.15) is 18.2 Å². The average Bonchev–Trinajstić information content (AvgIpc) is 2.88. The molecule has 4 heteroatoms. The van der Waals surface area contributed by atoms with Crippen LogP contribution in [-0.4, -0.2) is 39.1 Å². The fourth-order valence-electron chi connectivity index (χ4n) is 3.33. The average molecular weight is 328 g/mol. The second-order valence-electron chi connectivity index (χ2n) is 6.78. The number of hydrogen-bond donors (Lipinski definition) is 0. The quantitative estimate of drug-likeness (QED) is 0.800. The molecule has 1 atom stereocenters. The van der Waals surface area contributed by atoms with Gasteiger partial charge in [-0.3, -0.25) is 0 Å². The lowest BCUT2D eigenvalue weighted by Crippen LogP contribution is -2.19. The van der Waals surface area contributed by atoms with Crippen LogP contribution in [0.15, 0.2) is 42.5 Å². The minimum absolute atomic E-state index is 0.239. The topological polar surface area (TPSA) is 15.7 Å². The van der Waals surface area contributed by atoms with Crippen molar-refractivity contribution < 1.29 is 9.13 Å². The summed E-state index contributed by atoms with van der Waals surface area (Å²) in [5.74, 6) is 0.817. The molecule has 0 fully saturated rings. The number of nitrogens with zero attached hydrogens (tertiary/aromatic N) is 2. The Balaban J connectivity index is 1.85. The first-order valence-electron chi connectivity index (χ1n) is 8.40. The van der Waals surface area contributed by atoms with Gasteiger partial charge in [0.05, 0.1) is 0 Å². The molecule has 0 amide bonds. The predicted molar refractivity (Wildman–Crippen MR) is 96.4 cm³/mol. The van der Waals surface area contributed by atoms with E-state index in [2.05, 4.69) is 23.9 Å². The van der Waals surface area contributed by atoms with Crippen molar-refractivity contribution >= 4 is 5.69 Å². The van der Waals surface area contributed by atoms with E-state index in [0.717, 1.165) is 36.3 Å². The highest BCUT2D eigenvalue weighted by atomic mass is 19.1. The summed E-state index contributed by atoms with van der Waals surface area (Å²) in [6.45, 7) is 2.38. The van der Waals surface area contributed by atoms with E-state index in [9.17, 15) is 4.39 Å². The van der Waals surface area contributed by atoms with E-state index in [1.165, 1.54) is 6.07 Å². The lowest BCUT2D eigenvalue weighted by Gasteiger charge is -2.17. The number of halogens is 1. The molecule has 0 radical (unpaired) electrons. The number of ether oxygens (including phenoxy) is 1. The van der Waals surface area contributed by atoms with Crippen LogP contribution in [0.5, 0.6) is 5.75 Å². The van der Waals surface area contributed by atoms with E-state index in [-0.39, 0.29) is 5.82 Å². The van der Waals surface area contributed by atoms with Gasteiger partial charge in [0, 0.05) is 36.8 Å². The molecule has 24 heavy (non-hydrogen) atoms. The zero-order valence-corrected chi connectivity index (χ0v) is 14.6. The van der Waals surface area contributed by atoms with Gasteiger partial charge in [-0.1, -0.05) is 30.3 Å². The monoisotopic (exact) mass is 328 g/mol. The van der Waals surface area contributed by atoms with Gasteiger partial charge in [-0.25, -0.2) is 4.39 Å². The second kappa shape index (κ2) is 7.22. The number of benzene rings is 2. The van der Waals surface area contributed by atoms with E-state index in [0.29, 0.717) is 18.3 Å². The Bertz CT molecular complexity index is 688. The molecular weight excluding hydrogens is 303 g/mol. The van der Waals surface area contributed by atoms with Crippen molar-refractivity contribution in [3.63, 3.8) is 0 Å². The Morgan fingerprint density at radius 1 is 1.21 bits per heavy atom. The van der Waals surface area contributed by atoms with Gasteiger partial charge in [-0.2, -0.15) is 0 Å². The van der Waals surface area contributed by atoms with Crippen LogP contribution < -0.4 is 9.64 Å². The van der Waals surface area contributed by atoms with Gasteiger partial charge in [0.25, 0.3) is 0 Å². The summed E-state index contributed by atoms with van der Waals surface area (Å²) >= 11 is 0. The third-order valence-electron chi connectivity index (χ3n) is 4.56. The molecule has 1 aliphatic heterocycles. The smallest absolute Gasteiger partial charge is 0.128 e. The van der Waals surface area contributed by atoms with Gasteiger partial charge < -0.3 is 14.5 Å². The lowest BCUT2D eigenvalue weighted by molar-refractivity contribution is 0.298. The highest BCUT2D eigenvalue weighted by Crippen LogP contribution is 2.44. The Labute approximate surface area is 143 Å². The van der Waals surface area contributed by atoms with Crippen molar-refractivity contribution in [3.05, 3.63) is 59.4 Å². The molecule has 0 aliphatic carbocycles. The summed E-state index contributed by atoms with van der Waals surface area (Å²) in [5, 5.41) is 0. The normalized spacial score (nSPS) is 16.5. The first-order chi connectivity index (χ1) is 11.5. The standard InChI is InChI=1S/C20H25FN2O/c1-22(2)10-9-16-13-23(3)18-11-17(21)12-19(20(16)18)24-14-15-7-5-4-6-8-15/h4-8,11-12,16H,9-10,13-14H2,1-3H3. The van der Waals surface area contributed by atoms with Crippen LogP contribution in [0.1, 0.15) is 23.5 Å². The fraction of sp³-hybridized carbons (Fsp3) is 0.400. The maximum Gasteiger partial charge on any atom is 0.128 e. The van der Waals surface area contributed by atoms with E-state index in [1.807, 2.05) is 37.4 Å². The van der Waals surface area contributed by atoms with Crippen LogP contribution in [0.25, 0.3) is 0 Å². The Kier molecular flexibility index (Phi) is 5.05. The number of hydrogen-bond acceptors (Lipinski definition) is 3. The van der Waals surface area contributed by atoms with Gasteiger partial charge in [-0.05, 0) is 38.7 Å². The van der Waals surface area contributed by atoms with Crippen molar-refractivity contribution in [2.75, 3.05) is 39.1 Å². The van der Waals surface area contributed by atoms with Crippen molar-refractivity contribution in [2.45, 2.75) is 18.9 Å². The first-order valence-corrected chi connectivity index (χ1v) is 8.40. The SMILES string of the molecule is CN(C)CCC1CN(C)c2cc(F)cc(OCc3ccccc3)c21. The van der Waals surface area contributed by atoms with Crippen LogP contribution in [0.3, 0.4) is 0 Å². The van der Waals surface area contributed by atoms with Crippen molar-refractivity contribution in [3.8, 4) is 5.75 Å². The third kappa shape index (κ3) is 3.70. The summed E-state index contributed by atoms with van der Waals surface area (Å²) in [5.41, 5.74) is 3.20. The Morgan fingerprint density at radius 3 is 2.67 bits per heavy atom. The molecule has 0 saturated carbocycles. The highest BCUT2D eigenvalue weighted by Gasteiger charge is 2.30. The molecule has 2 aromatic carbocycles. The van der Waals surface area contributed by atoms with Gasteiger partial charge in [-0.15, -0.1) is 0 Å². The van der Waals surface area contributed by atoms with Crippen LogP contribution in [0, 0.1) is 5.82 Å². The number of rotatable bonds is 6. The molecule has 0 saturated heterocycles. The summed E-state index contributed by atoms with van der Waals surface area (Å²) in [6, 6.07) is 13.2.